The van der Waals surface area contributed by atoms with E-state index in [1.54, 1.807) is 12.1 Å². The van der Waals surface area contributed by atoms with Crippen molar-refractivity contribution < 1.29 is 14.6 Å². The van der Waals surface area contributed by atoms with Gasteiger partial charge in [0.25, 0.3) is 0 Å². The zero-order valence-corrected chi connectivity index (χ0v) is 11.5. The Labute approximate surface area is 113 Å². The Morgan fingerprint density at radius 2 is 2.11 bits per heavy atom. The molecule has 4 nitrogen and oxygen atoms in total. The van der Waals surface area contributed by atoms with E-state index in [9.17, 15) is 5.11 Å². The highest BCUT2D eigenvalue weighted by atomic mass is 35.5. The maximum absolute atomic E-state index is 9.56. The van der Waals surface area contributed by atoms with Crippen LogP contribution in [0.4, 0.5) is 0 Å². The molecule has 0 aliphatic carbocycles. The summed E-state index contributed by atoms with van der Waals surface area (Å²) in [5.41, 5.74) is 6.70. The van der Waals surface area contributed by atoms with Crippen molar-refractivity contribution in [2.45, 2.75) is 26.0 Å². The fourth-order valence-corrected chi connectivity index (χ4v) is 1.65. The van der Waals surface area contributed by atoms with Gasteiger partial charge < -0.3 is 20.3 Å². The number of halogens is 1. The summed E-state index contributed by atoms with van der Waals surface area (Å²) in [6, 6.07) is 5.33. The Morgan fingerprint density at radius 1 is 1.39 bits per heavy atom. The first-order chi connectivity index (χ1) is 8.54. The molecule has 0 radical (unpaired) electrons. The Hall–Kier alpha value is -0.810. The summed E-state index contributed by atoms with van der Waals surface area (Å²) >= 11 is 6.07. The molecule has 18 heavy (non-hydrogen) atoms. The fourth-order valence-electron chi connectivity index (χ4n) is 1.41. The van der Waals surface area contributed by atoms with E-state index in [2.05, 4.69) is 0 Å². The van der Waals surface area contributed by atoms with Crippen LogP contribution in [0.25, 0.3) is 0 Å². The van der Waals surface area contributed by atoms with E-state index in [0.717, 1.165) is 5.56 Å². The standard InChI is InChI=1S/C13H20ClNO3/c1-3-17-7-11(16)8-18-13-5-4-10(9(2)15)6-12(13)14/h4-6,9,11,16H,3,7-8,15H2,1-2H3/t9-,11?/m0/s1. The minimum atomic E-state index is -0.658. The van der Waals surface area contributed by atoms with Crippen LogP contribution in [-0.4, -0.2) is 31.0 Å². The summed E-state index contributed by atoms with van der Waals surface area (Å²) in [5, 5.41) is 10.1. The summed E-state index contributed by atoms with van der Waals surface area (Å²) in [4.78, 5) is 0. The number of aliphatic hydroxyl groups is 1. The van der Waals surface area contributed by atoms with Crippen LogP contribution in [0.5, 0.6) is 5.75 Å². The maximum atomic E-state index is 9.56. The van der Waals surface area contributed by atoms with Crippen molar-refractivity contribution in [1.29, 1.82) is 0 Å². The molecule has 0 heterocycles. The van der Waals surface area contributed by atoms with E-state index in [0.29, 0.717) is 17.4 Å². The van der Waals surface area contributed by atoms with Crippen LogP contribution in [0.15, 0.2) is 18.2 Å². The molecule has 0 aromatic heterocycles. The molecule has 3 N–H and O–H groups in total. The molecule has 0 aliphatic heterocycles. The lowest BCUT2D eigenvalue weighted by atomic mass is 10.1. The monoisotopic (exact) mass is 273 g/mol. The first-order valence-electron chi connectivity index (χ1n) is 5.98. The van der Waals surface area contributed by atoms with Crippen molar-refractivity contribution in [2.24, 2.45) is 5.73 Å². The Balaban J connectivity index is 2.52. The number of ether oxygens (including phenoxy) is 2. The average Bonchev–Trinajstić information content (AvgIpc) is 2.34. The molecule has 0 saturated heterocycles. The van der Waals surface area contributed by atoms with E-state index in [1.807, 2.05) is 19.9 Å². The largest absolute Gasteiger partial charge is 0.489 e. The van der Waals surface area contributed by atoms with Crippen LogP contribution in [0.2, 0.25) is 5.02 Å². The molecule has 0 fully saturated rings. The third-order valence-electron chi connectivity index (χ3n) is 2.43. The fraction of sp³-hybridized carbons (Fsp3) is 0.538. The van der Waals surface area contributed by atoms with Crippen LogP contribution < -0.4 is 10.5 Å². The number of hydrogen-bond acceptors (Lipinski definition) is 4. The van der Waals surface area contributed by atoms with Gasteiger partial charge in [0.1, 0.15) is 18.5 Å². The highest BCUT2D eigenvalue weighted by molar-refractivity contribution is 6.32. The van der Waals surface area contributed by atoms with Crippen molar-refractivity contribution >= 4 is 11.6 Å². The summed E-state index contributed by atoms with van der Waals surface area (Å²) in [6.45, 7) is 4.74. The average molecular weight is 274 g/mol. The molecule has 2 atom stereocenters. The number of benzene rings is 1. The summed E-state index contributed by atoms with van der Waals surface area (Å²) < 4.78 is 10.5. The normalized spacial score (nSPS) is 14.3. The van der Waals surface area contributed by atoms with Gasteiger partial charge in [-0.1, -0.05) is 17.7 Å². The van der Waals surface area contributed by atoms with Crippen molar-refractivity contribution in [3.63, 3.8) is 0 Å². The van der Waals surface area contributed by atoms with Crippen molar-refractivity contribution in [2.75, 3.05) is 19.8 Å². The number of rotatable bonds is 7. The highest BCUT2D eigenvalue weighted by Crippen LogP contribution is 2.27. The van der Waals surface area contributed by atoms with Gasteiger partial charge in [-0.3, -0.25) is 0 Å². The van der Waals surface area contributed by atoms with E-state index in [1.165, 1.54) is 0 Å². The molecular weight excluding hydrogens is 254 g/mol. The molecule has 1 rings (SSSR count). The second kappa shape index (κ2) is 7.59. The summed E-state index contributed by atoms with van der Waals surface area (Å²) in [7, 11) is 0. The lowest BCUT2D eigenvalue weighted by Crippen LogP contribution is -2.23. The molecule has 5 heteroatoms. The summed E-state index contributed by atoms with van der Waals surface area (Å²) in [5.74, 6) is 0.539. The number of aliphatic hydroxyl groups excluding tert-OH is 1. The zero-order chi connectivity index (χ0) is 13.5. The van der Waals surface area contributed by atoms with E-state index >= 15 is 0 Å². The van der Waals surface area contributed by atoms with Gasteiger partial charge in [0.2, 0.25) is 0 Å². The van der Waals surface area contributed by atoms with Gasteiger partial charge in [0, 0.05) is 12.6 Å². The molecule has 0 aliphatic rings. The Bertz CT molecular complexity index is 371. The Morgan fingerprint density at radius 3 is 2.67 bits per heavy atom. The van der Waals surface area contributed by atoms with Crippen molar-refractivity contribution in [1.82, 2.24) is 0 Å². The predicted molar refractivity (Wildman–Crippen MR) is 72.0 cm³/mol. The van der Waals surface area contributed by atoms with Crippen LogP contribution in [0.3, 0.4) is 0 Å². The Kier molecular flexibility index (Phi) is 6.43. The zero-order valence-electron chi connectivity index (χ0n) is 10.7. The molecule has 1 aromatic carbocycles. The van der Waals surface area contributed by atoms with Gasteiger partial charge >= 0.3 is 0 Å². The van der Waals surface area contributed by atoms with Crippen LogP contribution in [0.1, 0.15) is 25.5 Å². The van der Waals surface area contributed by atoms with Gasteiger partial charge in [-0.2, -0.15) is 0 Å². The van der Waals surface area contributed by atoms with Crippen LogP contribution >= 0.6 is 11.6 Å². The third kappa shape index (κ3) is 4.82. The lowest BCUT2D eigenvalue weighted by molar-refractivity contribution is 0.0164. The molecule has 0 spiro atoms. The predicted octanol–water partition coefficient (Wildman–Crippen LogP) is 2.14. The first-order valence-corrected chi connectivity index (χ1v) is 6.36. The topological polar surface area (TPSA) is 64.7 Å². The van der Waals surface area contributed by atoms with Gasteiger partial charge in [0.05, 0.1) is 11.6 Å². The molecular formula is C13H20ClNO3. The molecule has 0 saturated carbocycles. The molecule has 102 valence electrons. The second-order valence-electron chi connectivity index (χ2n) is 4.10. The smallest absolute Gasteiger partial charge is 0.138 e. The molecule has 1 aromatic rings. The van der Waals surface area contributed by atoms with E-state index < -0.39 is 6.10 Å². The number of hydrogen-bond donors (Lipinski definition) is 2. The molecule has 0 amide bonds. The van der Waals surface area contributed by atoms with Crippen molar-refractivity contribution in [3.8, 4) is 5.75 Å². The molecule has 1 unspecified atom stereocenters. The number of nitrogens with two attached hydrogens (primary N) is 1. The van der Waals surface area contributed by atoms with Gasteiger partial charge in [-0.25, -0.2) is 0 Å². The quantitative estimate of drug-likeness (QED) is 0.799. The van der Waals surface area contributed by atoms with Gasteiger partial charge in [-0.15, -0.1) is 0 Å². The minimum absolute atomic E-state index is 0.0694. The lowest BCUT2D eigenvalue weighted by Gasteiger charge is -2.14. The van der Waals surface area contributed by atoms with Crippen LogP contribution in [-0.2, 0) is 4.74 Å². The summed E-state index contributed by atoms with van der Waals surface area (Å²) in [6.07, 6.45) is -0.658. The SMILES string of the molecule is CCOCC(O)COc1ccc([C@H](C)N)cc1Cl. The van der Waals surface area contributed by atoms with Crippen molar-refractivity contribution in [3.05, 3.63) is 28.8 Å². The maximum Gasteiger partial charge on any atom is 0.138 e. The second-order valence-corrected chi connectivity index (χ2v) is 4.51. The van der Waals surface area contributed by atoms with E-state index in [-0.39, 0.29) is 19.3 Å². The molecule has 0 bridgehead atoms. The third-order valence-corrected chi connectivity index (χ3v) is 2.72. The van der Waals surface area contributed by atoms with Gasteiger partial charge in [-0.05, 0) is 31.5 Å². The minimum Gasteiger partial charge on any atom is -0.489 e. The van der Waals surface area contributed by atoms with Gasteiger partial charge in [0.15, 0.2) is 0 Å². The highest BCUT2D eigenvalue weighted by Gasteiger charge is 2.09. The first kappa shape index (κ1) is 15.2. The van der Waals surface area contributed by atoms with E-state index in [4.69, 9.17) is 26.8 Å². The van der Waals surface area contributed by atoms with Crippen LogP contribution in [0, 0.1) is 0 Å².